The Morgan fingerprint density at radius 3 is 2.43 bits per heavy atom. The van der Waals surface area contributed by atoms with E-state index < -0.39 is 45.2 Å². The second-order valence-corrected chi connectivity index (χ2v) is 9.78. The molecule has 2 aromatic carbocycles. The predicted octanol–water partition coefficient (Wildman–Crippen LogP) is 3.71. The maximum atomic E-state index is 14.3. The highest BCUT2D eigenvalue weighted by atomic mass is 32.2. The highest BCUT2D eigenvalue weighted by Crippen LogP contribution is 2.32. The standard InChI is InChI=1S/C22H19F4N7O3S/c1-37(35,36)17-8-7-13(9-15(17)23)28-21-27-10-14(19-30-20(33-32-19)22(24,25)26)18(31-21)29-16(11-34)12-5-3-2-4-6-12/h2-10,16,34H,11H2,1H3,(H,30,32,33)(H2,27,28,29,31)/t16-/m1/s1. The third kappa shape index (κ3) is 6.00. The average Bonchev–Trinajstić information content (AvgIpc) is 3.33. The van der Waals surface area contributed by atoms with Gasteiger partial charge < -0.3 is 15.7 Å². The largest absolute Gasteiger partial charge is 0.451 e. The maximum Gasteiger partial charge on any atom is 0.451 e. The third-order valence-corrected chi connectivity index (χ3v) is 6.20. The fourth-order valence-electron chi connectivity index (χ4n) is 3.32. The van der Waals surface area contributed by atoms with E-state index in [1.807, 2.05) is 5.10 Å². The molecule has 2 heterocycles. The molecule has 2 aromatic heterocycles. The van der Waals surface area contributed by atoms with E-state index in [2.05, 4.69) is 30.7 Å². The van der Waals surface area contributed by atoms with Gasteiger partial charge >= 0.3 is 6.18 Å². The first-order valence-electron chi connectivity index (χ1n) is 10.5. The zero-order valence-electron chi connectivity index (χ0n) is 19.0. The van der Waals surface area contributed by atoms with Gasteiger partial charge in [0.25, 0.3) is 0 Å². The zero-order valence-corrected chi connectivity index (χ0v) is 19.8. The van der Waals surface area contributed by atoms with E-state index in [0.717, 1.165) is 24.6 Å². The molecule has 0 saturated heterocycles. The maximum absolute atomic E-state index is 14.3. The number of halogens is 4. The number of benzene rings is 2. The lowest BCUT2D eigenvalue weighted by Gasteiger charge is -2.19. The molecule has 0 saturated carbocycles. The lowest BCUT2D eigenvalue weighted by Crippen LogP contribution is -2.17. The minimum Gasteiger partial charge on any atom is -0.394 e. The minimum absolute atomic E-state index is 0.00899. The lowest BCUT2D eigenvalue weighted by molar-refractivity contribution is -0.144. The highest BCUT2D eigenvalue weighted by molar-refractivity contribution is 7.90. The summed E-state index contributed by atoms with van der Waals surface area (Å²) in [5.74, 6) is -2.80. The van der Waals surface area contributed by atoms with Crippen LogP contribution in [0.3, 0.4) is 0 Å². The molecule has 15 heteroatoms. The summed E-state index contributed by atoms with van der Waals surface area (Å²) in [6, 6.07) is 11.3. The minimum atomic E-state index is -4.76. The first kappa shape index (κ1) is 26.0. The van der Waals surface area contributed by atoms with Crippen molar-refractivity contribution in [3.8, 4) is 11.4 Å². The number of aromatic nitrogens is 5. The third-order valence-electron chi connectivity index (χ3n) is 5.07. The lowest BCUT2D eigenvalue weighted by atomic mass is 10.1. The molecule has 194 valence electrons. The number of nitrogens with one attached hydrogen (secondary N) is 3. The monoisotopic (exact) mass is 537 g/mol. The number of anilines is 3. The van der Waals surface area contributed by atoms with Crippen molar-refractivity contribution in [1.82, 2.24) is 25.1 Å². The van der Waals surface area contributed by atoms with Gasteiger partial charge in [-0.05, 0) is 23.8 Å². The molecule has 0 amide bonds. The van der Waals surface area contributed by atoms with E-state index in [-0.39, 0.29) is 28.8 Å². The summed E-state index contributed by atoms with van der Waals surface area (Å²) < 4.78 is 76.8. The van der Waals surface area contributed by atoms with Gasteiger partial charge in [-0.15, -0.1) is 0 Å². The number of aliphatic hydroxyl groups excluding tert-OH is 1. The van der Waals surface area contributed by atoms with Crippen LogP contribution >= 0.6 is 0 Å². The van der Waals surface area contributed by atoms with E-state index >= 15 is 0 Å². The molecule has 1 atom stereocenters. The summed E-state index contributed by atoms with van der Waals surface area (Å²) in [5.41, 5.74) is 0.765. The Kier molecular flexibility index (Phi) is 7.09. The van der Waals surface area contributed by atoms with E-state index in [9.17, 15) is 31.1 Å². The van der Waals surface area contributed by atoms with E-state index in [4.69, 9.17) is 0 Å². The Labute approximate surface area is 207 Å². The first-order chi connectivity index (χ1) is 17.5. The van der Waals surface area contributed by atoms with Gasteiger partial charge in [0.15, 0.2) is 15.7 Å². The van der Waals surface area contributed by atoms with Crippen LogP contribution in [0.2, 0.25) is 0 Å². The molecule has 0 radical (unpaired) electrons. The number of alkyl halides is 3. The SMILES string of the molecule is CS(=O)(=O)c1ccc(Nc2ncc(-c3n[nH]c(C(F)(F)F)n3)c(N[C@H](CO)c3ccccc3)n2)cc1F. The van der Waals surface area contributed by atoms with Crippen LogP contribution in [0.4, 0.5) is 35.0 Å². The second-order valence-electron chi connectivity index (χ2n) is 7.79. The van der Waals surface area contributed by atoms with Gasteiger partial charge in [0, 0.05) is 18.1 Å². The van der Waals surface area contributed by atoms with E-state index in [0.29, 0.717) is 5.56 Å². The van der Waals surface area contributed by atoms with Crippen LogP contribution < -0.4 is 10.6 Å². The number of nitrogens with zero attached hydrogens (tertiary/aromatic N) is 4. The molecule has 4 N–H and O–H groups in total. The molecule has 0 aliphatic heterocycles. The normalized spacial score (nSPS) is 12.8. The van der Waals surface area contributed by atoms with Crippen molar-refractivity contribution in [2.45, 2.75) is 17.1 Å². The molecule has 4 aromatic rings. The van der Waals surface area contributed by atoms with Crippen molar-refractivity contribution in [3.63, 3.8) is 0 Å². The molecule has 0 fully saturated rings. The van der Waals surface area contributed by atoms with Crippen LogP contribution in [0.5, 0.6) is 0 Å². The van der Waals surface area contributed by atoms with Gasteiger partial charge in [-0.3, -0.25) is 5.10 Å². The van der Waals surface area contributed by atoms with Crippen LogP contribution in [-0.2, 0) is 16.0 Å². The summed E-state index contributed by atoms with van der Waals surface area (Å²) in [6.07, 6.45) is -2.74. The topological polar surface area (TPSA) is 146 Å². The molecule has 0 aliphatic rings. The number of hydrogen-bond acceptors (Lipinski definition) is 9. The van der Waals surface area contributed by atoms with Gasteiger partial charge in [-0.1, -0.05) is 30.3 Å². The second kappa shape index (κ2) is 10.1. The molecular formula is C22H19F4N7O3S. The van der Waals surface area contributed by atoms with E-state index in [1.165, 1.54) is 6.07 Å². The molecular weight excluding hydrogens is 518 g/mol. The molecule has 10 nitrogen and oxygen atoms in total. The molecule has 37 heavy (non-hydrogen) atoms. The summed E-state index contributed by atoms with van der Waals surface area (Å²) in [6.45, 7) is -0.393. The molecule has 4 rings (SSSR count). The Morgan fingerprint density at radius 2 is 1.84 bits per heavy atom. The van der Waals surface area contributed by atoms with Crippen molar-refractivity contribution < 1.29 is 31.1 Å². The Morgan fingerprint density at radius 1 is 1.11 bits per heavy atom. The van der Waals surface area contributed by atoms with Gasteiger partial charge in [0.05, 0.1) is 18.2 Å². The summed E-state index contributed by atoms with van der Waals surface area (Å²) in [5, 5.41) is 21.0. The van der Waals surface area contributed by atoms with Crippen molar-refractivity contribution >= 4 is 27.3 Å². The molecule has 0 spiro atoms. The summed E-state index contributed by atoms with van der Waals surface area (Å²) in [7, 11) is -3.78. The number of H-pyrrole nitrogens is 1. The van der Waals surface area contributed by atoms with Crippen LogP contribution in [0.15, 0.2) is 59.6 Å². The van der Waals surface area contributed by atoms with Gasteiger partial charge in [-0.25, -0.2) is 22.8 Å². The molecule has 0 unspecified atom stereocenters. The molecule has 0 bridgehead atoms. The van der Waals surface area contributed by atoms with Crippen LogP contribution in [0.25, 0.3) is 11.4 Å². The zero-order chi connectivity index (χ0) is 26.8. The van der Waals surface area contributed by atoms with Crippen LogP contribution in [0, 0.1) is 5.82 Å². The van der Waals surface area contributed by atoms with Crippen molar-refractivity contribution in [2.75, 3.05) is 23.5 Å². The van der Waals surface area contributed by atoms with Gasteiger partial charge in [0.1, 0.15) is 16.5 Å². The number of rotatable bonds is 8. The number of aliphatic hydroxyl groups is 1. The van der Waals surface area contributed by atoms with E-state index in [1.54, 1.807) is 30.3 Å². The van der Waals surface area contributed by atoms with Gasteiger partial charge in [-0.2, -0.15) is 23.3 Å². The van der Waals surface area contributed by atoms with Crippen LogP contribution in [-0.4, -0.2) is 51.5 Å². The Hall–Kier alpha value is -4.11. The fraction of sp³-hybridized carbons (Fsp3) is 0.182. The van der Waals surface area contributed by atoms with Crippen LogP contribution in [0.1, 0.15) is 17.4 Å². The summed E-state index contributed by atoms with van der Waals surface area (Å²) in [4.78, 5) is 11.3. The van der Waals surface area contributed by atoms with Crippen molar-refractivity contribution in [3.05, 3.63) is 71.9 Å². The summed E-state index contributed by atoms with van der Waals surface area (Å²) >= 11 is 0. The predicted molar refractivity (Wildman–Crippen MR) is 125 cm³/mol. The van der Waals surface area contributed by atoms with Crippen molar-refractivity contribution in [2.24, 2.45) is 0 Å². The number of aromatic amines is 1. The highest BCUT2D eigenvalue weighted by Gasteiger charge is 2.35. The number of sulfone groups is 1. The first-order valence-corrected chi connectivity index (χ1v) is 12.4. The Bertz CT molecular complexity index is 1510. The molecule has 0 aliphatic carbocycles. The quantitative estimate of drug-likeness (QED) is 0.247. The smallest absolute Gasteiger partial charge is 0.394 e. The van der Waals surface area contributed by atoms with Gasteiger partial charge in [0.2, 0.25) is 11.8 Å². The fourth-order valence-corrected chi connectivity index (χ4v) is 4.05. The Balaban J connectivity index is 1.72. The van der Waals surface area contributed by atoms with Crippen molar-refractivity contribution in [1.29, 1.82) is 0 Å². The average molecular weight is 537 g/mol. The number of hydrogen-bond donors (Lipinski definition) is 4.